The Balaban J connectivity index is 1.82. The van der Waals surface area contributed by atoms with E-state index in [1.54, 1.807) is 13.0 Å². The Bertz CT molecular complexity index is 754. The molecular formula is C20H27FN4. The topological polar surface area (TPSA) is 58.5 Å². The van der Waals surface area contributed by atoms with Gasteiger partial charge in [-0.15, -0.1) is 0 Å². The number of allylic oxidation sites excluding steroid dienone is 1. The number of anilines is 2. The Kier molecular flexibility index (Phi) is 3.62. The van der Waals surface area contributed by atoms with Crippen molar-refractivity contribution in [3.8, 4) is 0 Å². The number of rotatable bonds is 1. The van der Waals surface area contributed by atoms with Crippen molar-refractivity contribution < 1.29 is 4.39 Å². The van der Waals surface area contributed by atoms with E-state index in [0.717, 1.165) is 55.2 Å². The quantitative estimate of drug-likeness (QED) is 0.608. The van der Waals surface area contributed by atoms with Crippen molar-refractivity contribution in [1.82, 2.24) is 4.90 Å². The second kappa shape index (κ2) is 5.49. The van der Waals surface area contributed by atoms with Crippen molar-refractivity contribution in [2.45, 2.75) is 38.4 Å². The fraction of sp³-hybridized carbons (Fsp3) is 0.500. The molecule has 25 heavy (non-hydrogen) atoms. The van der Waals surface area contributed by atoms with Crippen LogP contribution in [-0.4, -0.2) is 36.4 Å². The number of hydrogen-bond donors (Lipinski definition) is 2. The van der Waals surface area contributed by atoms with Gasteiger partial charge in [0.05, 0.1) is 18.0 Å². The first-order chi connectivity index (χ1) is 11.8. The van der Waals surface area contributed by atoms with Gasteiger partial charge < -0.3 is 21.3 Å². The summed E-state index contributed by atoms with van der Waals surface area (Å²) < 4.78 is 15.3. The minimum absolute atomic E-state index is 0.215. The molecule has 2 aliphatic heterocycles. The third kappa shape index (κ3) is 2.53. The molecule has 4 rings (SSSR count). The van der Waals surface area contributed by atoms with E-state index in [0.29, 0.717) is 0 Å². The number of halogens is 1. The Morgan fingerprint density at radius 1 is 1.16 bits per heavy atom. The van der Waals surface area contributed by atoms with Crippen LogP contribution < -0.4 is 16.4 Å². The molecule has 0 amide bonds. The second-order valence-electron chi connectivity index (χ2n) is 8.00. The molecule has 1 fully saturated rings. The van der Waals surface area contributed by atoms with E-state index >= 15 is 4.39 Å². The van der Waals surface area contributed by atoms with Crippen molar-refractivity contribution in [3.05, 3.63) is 47.7 Å². The van der Waals surface area contributed by atoms with E-state index < -0.39 is 5.67 Å². The number of nitrogens with zero attached hydrogens (tertiary/aromatic N) is 2. The zero-order valence-electron chi connectivity index (χ0n) is 15.0. The van der Waals surface area contributed by atoms with Crippen LogP contribution in [0.15, 0.2) is 47.7 Å². The number of para-hydroxylation sites is 2. The van der Waals surface area contributed by atoms with Crippen molar-refractivity contribution in [3.63, 3.8) is 0 Å². The third-order valence-electron chi connectivity index (χ3n) is 5.86. The van der Waals surface area contributed by atoms with Crippen LogP contribution in [0.5, 0.6) is 0 Å². The molecule has 2 heterocycles. The molecule has 134 valence electrons. The summed E-state index contributed by atoms with van der Waals surface area (Å²) in [5.74, 6) is 0. The van der Waals surface area contributed by atoms with Gasteiger partial charge in [0.1, 0.15) is 0 Å². The SMILES string of the molecule is CC1(F)C=CC2(C)CN(c3ccccc3N)CN3CCCC(N)C1=C32. The second-order valence-corrected chi connectivity index (χ2v) is 8.00. The summed E-state index contributed by atoms with van der Waals surface area (Å²) in [6.07, 6.45) is 5.53. The molecule has 3 atom stereocenters. The third-order valence-corrected chi connectivity index (χ3v) is 5.86. The van der Waals surface area contributed by atoms with E-state index in [9.17, 15) is 0 Å². The number of nitrogens with two attached hydrogens (primary N) is 2. The lowest BCUT2D eigenvalue weighted by Crippen LogP contribution is -2.55. The van der Waals surface area contributed by atoms with E-state index in [1.807, 2.05) is 24.3 Å². The van der Waals surface area contributed by atoms with E-state index in [-0.39, 0.29) is 11.5 Å². The van der Waals surface area contributed by atoms with Crippen LogP contribution in [0.2, 0.25) is 0 Å². The lowest BCUT2D eigenvalue weighted by molar-refractivity contribution is 0.199. The average molecular weight is 342 g/mol. The number of nitrogen functional groups attached to an aromatic ring is 1. The molecule has 3 unspecified atom stereocenters. The van der Waals surface area contributed by atoms with Crippen molar-refractivity contribution in [1.29, 1.82) is 0 Å². The van der Waals surface area contributed by atoms with Crippen LogP contribution in [0.25, 0.3) is 0 Å². The van der Waals surface area contributed by atoms with Gasteiger partial charge in [-0.2, -0.15) is 0 Å². The first-order valence-corrected chi connectivity index (χ1v) is 9.06. The first-order valence-electron chi connectivity index (χ1n) is 9.06. The predicted octanol–water partition coefficient (Wildman–Crippen LogP) is 3.03. The first kappa shape index (κ1) is 16.5. The highest BCUT2D eigenvalue weighted by atomic mass is 19.1. The van der Waals surface area contributed by atoms with Gasteiger partial charge in [0.15, 0.2) is 5.67 Å². The minimum atomic E-state index is -1.47. The van der Waals surface area contributed by atoms with Gasteiger partial charge >= 0.3 is 0 Å². The molecule has 4 nitrogen and oxygen atoms in total. The van der Waals surface area contributed by atoms with Gasteiger partial charge in [0, 0.05) is 35.8 Å². The Labute approximate surface area is 149 Å². The fourth-order valence-corrected chi connectivity index (χ4v) is 4.73. The smallest absolute Gasteiger partial charge is 0.150 e. The highest BCUT2D eigenvalue weighted by Crippen LogP contribution is 2.49. The summed E-state index contributed by atoms with van der Waals surface area (Å²) >= 11 is 0. The Hall–Kier alpha value is -2.01. The number of benzene rings is 1. The van der Waals surface area contributed by atoms with Crippen LogP contribution in [0.1, 0.15) is 26.7 Å². The predicted molar refractivity (Wildman–Crippen MR) is 101 cm³/mol. The van der Waals surface area contributed by atoms with Crippen LogP contribution >= 0.6 is 0 Å². The molecule has 1 aromatic rings. The maximum absolute atomic E-state index is 15.3. The van der Waals surface area contributed by atoms with Crippen LogP contribution in [0.4, 0.5) is 15.8 Å². The van der Waals surface area contributed by atoms with Crippen LogP contribution in [0.3, 0.4) is 0 Å². The van der Waals surface area contributed by atoms with E-state index in [4.69, 9.17) is 11.5 Å². The molecule has 1 aromatic carbocycles. The van der Waals surface area contributed by atoms with Crippen molar-refractivity contribution in [2.75, 3.05) is 30.4 Å². The lowest BCUT2D eigenvalue weighted by Gasteiger charge is -2.52. The van der Waals surface area contributed by atoms with Crippen LogP contribution in [0, 0.1) is 5.41 Å². The van der Waals surface area contributed by atoms with E-state index in [1.165, 1.54) is 0 Å². The molecule has 0 spiro atoms. The standard InChI is InChI=1S/C20H27FN4/c1-19-9-10-20(2,21)17-15(23)7-5-11-24(18(17)19)13-25(12-19)16-8-4-3-6-14(16)22/h3-4,6,8-10,15H,5,7,11-13,22-23H2,1-2H3. The molecule has 0 saturated carbocycles. The van der Waals surface area contributed by atoms with Crippen molar-refractivity contribution in [2.24, 2.45) is 11.1 Å². The molecule has 5 heteroatoms. The Morgan fingerprint density at radius 3 is 2.68 bits per heavy atom. The normalized spacial score (nSPS) is 34.8. The molecule has 1 saturated heterocycles. The fourth-order valence-electron chi connectivity index (χ4n) is 4.73. The van der Waals surface area contributed by atoms with Gasteiger partial charge in [0.25, 0.3) is 0 Å². The van der Waals surface area contributed by atoms with Gasteiger partial charge in [-0.3, -0.25) is 0 Å². The number of alkyl halides is 1. The molecule has 4 N–H and O–H groups in total. The molecule has 0 radical (unpaired) electrons. The molecule has 0 bridgehead atoms. The van der Waals surface area contributed by atoms with Gasteiger partial charge in [0.2, 0.25) is 0 Å². The summed E-state index contributed by atoms with van der Waals surface area (Å²) in [7, 11) is 0. The summed E-state index contributed by atoms with van der Waals surface area (Å²) in [5.41, 5.74) is 14.6. The largest absolute Gasteiger partial charge is 0.397 e. The highest BCUT2D eigenvalue weighted by Gasteiger charge is 2.48. The zero-order valence-corrected chi connectivity index (χ0v) is 15.0. The summed E-state index contributed by atoms with van der Waals surface area (Å²) in [6.45, 7) is 6.21. The highest BCUT2D eigenvalue weighted by molar-refractivity contribution is 5.68. The van der Waals surface area contributed by atoms with Crippen molar-refractivity contribution >= 4 is 11.4 Å². The molecule has 0 aromatic heterocycles. The Morgan fingerprint density at radius 2 is 1.92 bits per heavy atom. The lowest BCUT2D eigenvalue weighted by atomic mass is 9.71. The summed E-state index contributed by atoms with van der Waals surface area (Å²) in [5, 5.41) is 0. The average Bonchev–Trinajstić information content (AvgIpc) is 2.72. The van der Waals surface area contributed by atoms with Gasteiger partial charge in [-0.25, -0.2) is 4.39 Å². The number of hydrogen-bond acceptors (Lipinski definition) is 4. The minimum Gasteiger partial charge on any atom is -0.397 e. The zero-order chi connectivity index (χ0) is 17.8. The molecule has 1 aliphatic carbocycles. The summed E-state index contributed by atoms with van der Waals surface area (Å²) in [6, 6.07) is 7.74. The monoisotopic (exact) mass is 342 g/mol. The maximum Gasteiger partial charge on any atom is 0.150 e. The van der Waals surface area contributed by atoms with Gasteiger partial charge in [-0.05, 0) is 44.9 Å². The molecule has 3 aliphatic rings. The maximum atomic E-state index is 15.3. The molecular weight excluding hydrogens is 315 g/mol. The summed E-state index contributed by atoms with van der Waals surface area (Å²) in [4.78, 5) is 4.62. The van der Waals surface area contributed by atoms with Crippen LogP contribution in [-0.2, 0) is 0 Å². The van der Waals surface area contributed by atoms with E-state index in [2.05, 4.69) is 22.8 Å². The van der Waals surface area contributed by atoms with Gasteiger partial charge in [-0.1, -0.05) is 18.2 Å².